The lowest BCUT2D eigenvalue weighted by Crippen LogP contribution is -2.35. The average Bonchev–Trinajstić information content (AvgIpc) is 2.39. The first kappa shape index (κ1) is 14.9. The molecule has 1 aliphatic heterocycles. The molecule has 0 amide bonds. The van der Waals surface area contributed by atoms with E-state index in [2.05, 4.69) is 11.0 Å². The summed E-state index contributed by atoms with van der Waals surface area (Å²) in [5.41, 5.74) is 2.75. The minimum atomic E-state index is 0. The summed E-state index contributed by atoms with van der Waals surface area (Å²) in [6, 6.07) is 5.85. The molecule has 106 valence electrons. The smallest absolute Gasteiger partial charge is 0.115 e. The van der Waals surface area contributed by atoms with Gasteiger partial charge in [0.05, 0.1) is 0 Å². The molecule has 1 aromatic carbocycles. The van der Waals surface area contributed by atoms with Crippen LogP contribution >= 0.6 is 17.0 Å². The number of rotatable bonds is 2. The second kappa shape index (κ2) is 6.76. The summed E-state index contributed by atoms with van der Waals surface area (Å²) in [5.74, 6) is 1.32. The number of aromatic hydroxyl groups is 1. The first-order chi connectivity index (χ1) is 8.81. The SMILES string of the molecule is Br.Oc1ccc2c(c1)CN(CC1CCCCC1)CC2. The second-order valence-corrected chi connectivity index (χ2v) is 5.94. The van der Waals surface area contributed by atoms with Crippen molar-refractivity contribution in [2.75, 3.05) is 13.1 Å². The number of hydrogen-bond acceptors (Lipinski definition) is 2. The van der Waals surface area contributed by atoms with Gasteiger partial charge in [0.15, 0.2) is 0 Å². The third kappa shape index (κ3) is 3.73. The lowest BCUT2D eigenvalue weighted by molar-refractivity contribution is 0.187. The predicted molar refractivity (Wildman–Crippen MR) is 84.0 cm³/mol. The highest BCUT2D eigenvalue weighted by Gasteiger charge is 2.21. The van der Waals surface area contributed by atoms with Crippen molar-refractivity contribution in [2.45, 2.75) is 45.1 Å². The lowest BCUT2D eigenvalue weighted by atomic mass is 9.88. The van der Waals surface area contributed by atoms with E-state index in [1.807, 2.05) is 12.1 Å². The third-order valence-electron chi connectivity index (χ3n) is 4.52. The van der Waals surface area contributed by atoms with Gasteiger partial charge >= 0.3 is 0 Å². The van der Waals surface area contributed by atoms with Gasteiger partial charge in [0.2, 0.25) is 0 Å². The molecule has 1 N–H and O–H groups in total. The fraction of sp³-hybridized carbons (Fsp3) is 0.625. The zero-order valence-corrected chi connectivity index (χ0v) is 13.2. The first-order valence-corrected chi connectivity index (χ1v) is 7.34. The van der Waals surface area contributed by atoms with Gasteiger partial charge < -0.3 is 5.11 Å². The largest absolute Gasteiger partial charge is 0.508 e. The van der Waals surface area contributed by atoms with Crippen LogP contribution in [0.15, 0.2) is 18.2 Å². The Balaban J connectivity index is 0.00000133. The van der Waals surface area contributed by atoms with E-state index >= 15 is 0 Å². The maximum atomic E-state index is 9.58. The highest BCUT2D eigenvalue weighted by molar-refractivity contribution is 8.93. The number of fused-ring (bicyclic) bond motifs is 1. The Kier molecular flexibility index (Phi) is 5.28. The Hall–Kier alpha value is -0.540. The van der Waals surface area contributed by atoms with Crippen molar-refractivity contribution < 1.29 is 5.11 Å². The molecule has 0 atom stereocenters. The molecule has 1 saturated carbocycles. The standard InChI is InChI=1S/C16H23NO.BrH/c18-16-7-6-14-8-9-17(12-15(14)10-16)11-13-4-2-1-3-5-13;/h6-7,10,13,18H,1-5,8-9,11-12H2;1H. The summed E-state index contributed by atoms with van der Waals surface area (Å²) >= 11 is 0. The summed E-state index contributed by atoms with van der Waals surface area (Å²) in [7, 11) is 0. The highest BCUT2D eigenvalue weighted by atomic mass is 79.9. The second-order valence-electron chi connectivity index (χ2n) is 5.94. The van der Waals surface area contributed by atoms with Gasteiger partial charge in [-0.1, -0.05) is 25.3 Å². The van der Waals surface area contributed by atoms with Crippen molar-refractivity contribution in [1.29, 1.82) is 0 Å². The van der Waals surface area contributed by atoms with Crippen LogP contribution in [0, 0.1) is 5.92 Å². The topological polar surface area (TPSA) is 23.5 Å². The fourth-order valence-corrected chi connectivity index (χ4v) is 3.49. The third-order valence-corrected chi connectivity index (χ3v) is 4.52. The molecule has 1 heterocycles. The van der Waals surface area contributed by atoms with Crippen molar-refractivity contribution in [3.8, 4) is 5.75 Å². The van der Waals surface area contributed by atoms with E-state index in [9.17, 15) is 5.11 Å². The maximum Gasteiger partial charge on any atom is 0.115 e. The normalized spacial score (nSPS) is 20.6. The van der Waals surface area contributed by atoms with Crippen molar-refractivity contribution in [2.24, 2.45) is 5.92 Å². The van der Waals surface area contributed by atoms with Crippen LogP contribution in [0.2, 0.25) is 0 Å². The Labute approximate surface area is 126 Å². The molecule has 0 unspecified atom stereocenters. The highest BCUT2D eigenvalue weighted by Crippen LogP contribution is 2.28. The van der Waals surface area contributed by atoms with Gasteiger partial charge in [-0.3, -0.25) is 4.90 Å². The van der Waals surface area contributed by atoms with Crippen LogP contribution in [-0.2, 0) is 13.0 Å². The van der Waals surface area contributed by atoms with Gasteiger partial charge in [0.25, 0.3) is 0 Å². The van der Waals surface area contributed by atoms with E-state index in [1.54, 1.807) is 0 Å². The molecule has 0 aromatic heterocycles. The van der Waals surface area contributed by atoms with E-state index in [0.29, 0.717) is 5.75 Å². The molecular formula is C16H24BrNO. The summed E-state index contributed by atoms with van der Waals surface area (Å²) in [6.07, 6.45) is 8.27. The molecule has 2 nitrogen and oxygen atoms in total. The molecule has 1 aliphatic carbocycles. The summed E-state index contributed by atoms with van der Waals surface area (Å²) in [5, 5.41) is 9.58. The van der Waals surface area contributed by atoms with Crippen molar-refractivity contribution in [1.82, 2.24) is 4.90 Å². The molecule has 3 rings (SSSR count). The van der Waals surface area contributed by atoms with Crippen LogP contribution in [0.4, 0.5) is 0 Å². The Morgan fingerprint density at radius 1 is 1.11 bits per heavy atom. The molecule has 2 aliphatic rings. The number of hydrogen-bond donors (Lipinski definition) is 1. The monoisotopic (exact) mass is 325 g/mol. The number of benzene rings is 1. The van der Waals surface area contributed by atoms with Crippen molar-refractivity contribution >= 4 is 17.0 Å². The molecular weight excluding hydrogens is 302 g/mol. The molecule has 1 fully saturated rings. The summed E-state index contributed by atoms with van der Waals surface area (Å²) in [4.78, 5) is 2.58. The summed E-state index contributed by atoms with van der Waals surface area (Å²) in [6.45, 7) is 3.48. The minimum absolute atomic E-state index is 0. The van der Waals surface area contributed by atoms with Crippen LogP contribution in [0.25, 0.3) is 0 Å². The average molecular weight is 326 g/mol. The van der Waals surface area contributed by atoms with E-state index < -0.39 is 0 Å². The summed E-state index contributed by atoms with van der Waals surface area (Å²) < 4.78 is 0. The molecule has 3 heteroatoms. The number of nitrogens with zero attached hydrogens (tertiary/aromatic N) is 1. The molecule has 19 heavy (non-hydrogen) atoms. The van der Waals surface area contributed by atoms with Gasteiger partial charge in [-0.15, -0.1) is 17.0 Å². The van der Waals surface area contributed by atoms with E-state index in [1.165, 1.54) is 56.3 Å². The van der Waals surface area contributed by atoms with Crippen LogP contribution in [0.3, 0.4) is 0 Å². The van der Waals surface area contributed by atoms with Gasteiger partial charge in [-0.2, -0.15) is 0 Å². The number of halogens is 1. The zero-order valence-electron chi connectivity index (χ0n) is 11.5. The van der Waals surface area contributed by atoms with Gasteiger partial charge in [-0.25, -0.2) is 0 Å². The fourth-order valence-electron chi connectivity index (χ4n) is 3.49. The maximum absolute atomic E-state index is 9.58. The van der Waals surface area contributed by atoms with E-state index in [-0.39, 0.29) is 17.0 Å². The quantitative estimate of drug-likeness (QED) is 0.891. The molecule has 0 bridgehead atoms. The molecule has 1 aromatic rings. The molecule has 0 radical (unpaired) electrons. The number of phenols is 1. The Morgan fingerprint density at radius 3 is 2.68 bits per heavy atom. The Morgan fingerprint density at radius 2 is 1.89 bits per heavy atom. The van der Waals surface area contributed by atoms with Crippen molar-refractivity contribution in [3.05, 3.63) is 29.3 Å². The van der Waals surface area contributed by atoms with Crippen LogP contribution in [-0.4, -0.2) is 23.1 Å². The van der Waals surface area contributed by atoms with Crippen LogP contribution in [0.1, 0.15) is 43.2 Å². The van der Waals surface area contributed by atoms with Gasteiger partial charge in [-0.05, 0) is 48.4 Å². The van der Waals surface area contributed by atoms with Gasteiger partial charge in [0.1, 0.15) is 5.75 Å². The Bertz CT molecular complexity index is 415. The van der Waals surface area contributed by atoms with E-state index in [4.69, 9.17) is 0 Å². The first-order valence-electron chi connectivity index (χ1n) is 7.34. The zero-order chi connectivity index (χ0) is 12.4. The van der Waals surface area contributed by atoms with Gasteiger partial charge in [0, 0.05) is 19.6 Å². The number of phenolic OH excluding ortho intramolecular Hbond substituents is 1. The van der Waals surface area contributed by atoms with Crippen molar-refractivity contribution in [3.63, 3.8) is 0 Å². The minimum Gasteiger partial charge on any atom is -0.508 e. The van der Waals surface area contributed by atoms with Crippen LogP contribution in [0.5, 0.6) is 5.75 Å². The lowest BCUT2D eigenvalue weighted by Gasteiger charge is -2.33. The molecule has 0 spiro atoms. The molecule has 0 saturated heterocycles. The van der Waals surface area contributed by atoms with E-state index in [0.717, 1.165) is 18.9 Å². The van der Waals surface area contributed by atoms with Crippen LogP contribution < -0.4 is 0 Å². The predicted octanol–water partition coefficient (Wildman–Crippen LogP) is 3.91.